The van der Waals surface area contributed by atoms with Gasteiger partial charge in [0, 0.05) is 25.6 Å². The molecule has 0 fully saturated rings. The molecule has 0 aliphatic carbocycles. The van der Waals surface area contributed by atoms with Gasteiger partial charge >= 0.3 is 0 Å². The minimum atomic E-state index is -0.0464. The van der Waals surface area contributed by atoms with E-state index in [-0.39, 0.29) is 18.1 Å². The van der Waals surface area contributed by atoms with Crippen molar-refractivity contribution in [2.24, 2.45) is 7.05 Å². The lowest BCUT2D eigenvalue weighted by atomic mass is 9.99. The number of nitrogens with zero attached hydrogens (tertiary/aromatic N) is 6. The van der Waals surface area contributed by atoms with E-state index in [0.29, 0.717) is 25.3 Å². The molecule has 4 heterocycles. The number of ether oxygens (including phenoxy) is 1. The van der Waals surface area contributed by atoms with E-state index < -0.39 is 0 Å². The van der Waals surface area contributed by atoms with E-state index in [4.69, 9.17) is 4.74 Å². The molecule has 1 amide bonds. The number of hydrogen-bond acceptors (Lipinski definition) is 5. The van der Waals surface area contributed by atoms with Gasteiger partial charge in [-0.15, -0.1) is 0 Å². The summed E-state index contributed by atoms with van der Waals surface area (Å²) in [5, 5.41) is 8.86. The van der Waals surface area contributed by atoms with Gasteiger partial charge in [0.05, 0.1) is 31.0 Å². The fourth-order valence-electron chi connectivity index (χ4n) is 3.79. The van der Waals surface area contributed by atoms with E-state index >= 15 is 0 Å². The number of aryl methyl sites for hydroxylation is 2. The van der Waals surface area contributed by atoms with Crippen LogP contribution in [0.25, 0.3) is 0 Å². The molecular formula is C16H22N6O2. The summed E-state index contributed by atoms with van der Waals surface area (Å²) in [6.45, 7) is 7.69. The smallest absolute Gasteiger partial charge is 0.275 e. The van der Waals surface area contributed by atoms with Gasteiger partial charge in [0.25, 0.3) is 5.91 Å². The van der Waals surface area contributed by atoms with Crippen molar-refractivity contribution in [2.45, 2.75) is 52.5 Å². The molecule has 2 aliphatic rings. The highest BCUT2D eigenvalue weighted by atomic mass is 16.5. The first-order valence-corrected chi connectivity index (χ1v) is 8.35. The maximum atomic E-state index is 13.1. The van der Waals surface area contributed by atoms with Crippen LogP contribution in [0.5, 0.6) is 0 Å². The number of rotatable bonds is 1. The first-order valence-electron chi connectivity index (χ1n) is 8.35. The monoisotopic (exact) mass is 330 g/mol. The van der Waals surface area contributed by atoms with Crippen LogP contribution >= 0.6 is 0 Å². The molecule has 8 heteroatoms. The van der Waals surface area contributed by atoms with Crippen LogP contribution in [-0.2, 0) is 31.3 Å². The van der Waals surface area contributed by atoms with Crippen molar-refractivity contribution in [2.75, 3.05) is 6.54 Å². The lowest BCUT2D eigenvalue weighted by Crippen LogP contribution is -2.39. The molecule has 0 spiro atoms. The third kappa shape index (κ3) is 2.32. The summed E-state index contributed by atoms with van der Waals surface area (Å²) < 4.78 is 9.54. The van der Waals surface area contributed by atoms with Crippen molar-refractivity contribution >= 4 is 5.91 Å². The molecule has 2 atom stereocenters. The molecule has 0 aromatic carbocycles. The number of hydrogen-bond donors (Lipinski definition) is 0. The average Bonchev–Trinajstić information content (AvgIpc) is 3.05. The molecule has 0 bridgehead atoms. The van der Waals surface area contributed by atoms with E-state index in [1.54, 1.807) is 4.68 Å². The standard InChI is InChI=1S/C16H22N6O2/c1-9-7-12-14(19-20(4)15(12)10(2)24-9)16(23)21-5-6-22-13(8-21)17-11(3)18-22/h9-10H,5-8H2,1-4H3/t9-,10+/m1/s1. The Hall–Kier alpha value is -2.22. The summed E-state index contributed by atoms with van der Waals surface area (Å²) in [4.78, 5) is 19.3. The zero-order chi connectivity index (χ0) is 17.0. The summed E-state index contributed by atoms with van der Waals surface area (Å²) in [7, 11) is 1.88. The Kier molecular flexibility index (Phi) is 3.45. The first-order chi connectivity index (χ1) is 11.4. The van der Waals surface area contributed by atoms with Gasteiger partial charge in [-0.05, 0) is 20.8 Å². The fraction of sp³-hybridized carbons (Fsp3) is 0.625. The molecule has 128 valence electrons. The van der Waals surface area contributed by atoms with Crippen LogP contribution in [0.15, 0.2) is 0 Å². The normalized spacial score (nSPS) is 23.1. The molecule has 2 aromatic heterocycles. The molecule has 24 heavy (non-hydrogen) atoms. The number of carbonyl (C=O) groups is 1. The van der Waals surface area contributed by atoms with Gasteiger partial charge in [0.15, 0.2) is 5.69 Å². The third-order valence-corrected chi connectivity index (χ3v) is 4.76. The van der Waals surface area contributed by atoms with Crippen LogP contribution in [0.3, 0.4) is 0 Å². The van der Waals surface area contributed by atoms with Crippen molar-refractivity contribution < 1.29 is 9.53 Å². The predicted octanol–water partition coefficient (Wildman–Crippen LogP) is 0.998. The molecule has 0 N–H and O–H groups in total. The zero-order valence-electron chi connectivity index (χ0n) is 14.5. The van der Waals surface area contributed by atoms with Crippen LogP contribution in [0.4, 0.5) is 0 Å². The summed E-state index contributed by atoms with van der Waals surface area (Å²) in [5.41, 5.74) is 2.59. The van der Waals surface area contributed by atoms with Crippen molar-refractivity contribution in [1.29, 1.82) is 0 Å². The third-order valence-electron chi connectivity index (χ3n) is 4.76. The lowest BCUT2D eigenvalue weighted by Gasteiger charge is -2.28. The van der Waals surface area contributed by atoms with Crippen molar-refractivity contribution in [1.82, 2.24) is 29.4 Å². The van der Waals surface area contributed by atoms with Gasteiger partial charge in [-0.3, -0.25) is 9.48 Å². The van der Waals surface area contributed by atoms with E-state index in [1.165, 1.54) is 0 Å². The largest absolute Gasteiger partial charge is 0.369 e. The number of amides is 1. The molecule has 8 nitrogen and oxygen atoms in total. The van der Waals surface area contributed by atoms with Crippen molar-refractivity contribution in [3.05, 3.63) is 28.6 Å². The topological polar surface area (TPSA) is 78.1 Å². The van der Waals surface area contributed by atoms with Crippen LogP contribution < -0.4 is 0 Å². The minimum Gasteiger partial charge on any atom is -0.369 e. The van der Waals surface area contributed by atoms with E-state index in [0.717, 1.165) is 29.3 Å². The van der Waals surface area contributed by atoms with Crippen LogP contribution in [0, 0.1) is 6.92 Å². The van der Waals surface area contributed by atoms with Gasteiger partial charge in [-0.25, -0.2) is 9.67 Å². The van der Waals surface area contributed by atoms with Crippen LogP contribution in [-0.4, -0.2) is 48.0 Å². The quantitative estimate of drug-likeness (QED) is 0.779. The summed E-state index contributed by atoms with van der Waals surface area (Å²) >= 11 is 0. The zero-order valence-corrected chi connectivity index (χ0v) is 14.5. The van der Waals surface area contributed by atoms with E-state index in [2.05, 4.69) is 15.2 Å². The van der Waals surface area contributed by atoms with Gasteiger partial charge in [0.1, 0.15) is 11.6 Å². The van der Waals surface area contributed by atoms with Crippen molar-refractivity contribution in [3.63, 3.8) is 0 Å². The summed E-state index contributed by atoms with van der Waals surface area (Å²) in [6.07, 6.45) is 0.766. The van der Waals surface area contributed by atoms with Crippen molar-refractivity contribution in [3.8, 4) is 0 Å². The number of carbonyl (C=O) groups excluding carboxylic acids is 1. The minimum absolute atomic E-state index is 0.0277. The number of aromatic nitrogens is 5. The first kappa shape index (κ1) is 15.3. The van der Waals surface area contributed by atoms with Gasteiger partial charge < -0.3 is 9.64 Å². The average molecular weight is 330 g/mol. The second-order valence-electron chi connectivity index (χ2n) is 6.65. The molecule has 2 aromatic rings. The molecule has 0 saturated carbocycles. The van der Waals surface area contributed by atoms with E-state index in [1.807, 2.05) is 37.4 Å². The second-order valence-corrected chi connectivity index (χ2v) is 6.65. The van der Waals surface area contributed by atoms with Crippen LogP contribution in [0.1, 0.15) is 53.3 Å². The highest BCUT2D eigenvalue weighted by Crippen LogP contribution is 2.32. The molecular weight excluding hydrogens is 308 g/mol. The maximum Gasteiger partial charge on any atom is 0.275 e. The Balaban J connectivity index is 1.65. The summed E-state index contributed by atoms with van der Waals surface area (Å²) in [5.74, 6) is 1.55. The molecule has 2 aliphatic heterocycles. The lowest BCUT2D eigenvalue weighted by molar-refractivity contribution is -0.00907. The Morgan fingerprint density at radius 3 is 2.83 bits per heavy atom. The van der Waals surface area contributed by atoms with Gasteiger partial charge in [0.2, 0.25) is 0 Å². The highest BCUT2D eigenvalue weighted by Gasteiger charge is 2.34. The van der Waals surface area contributed by atoms with Gasteiger partial charge in [-0.2, -0.15) is 10.2 Å². The predicted molar refractivity (Wildman–Crippen MR) is 85.4 cm³/mol. The highest BCUT2D eigenvalue weighted by molar-refractivity contribution is 5.94. The number of fused-ring (bicyclic) bond motifs is 2. The maximum absolute atomic E-state index is 13.1. The Bertz CT molecular complexity index is 808. The molecule has 0 unspecified atom stereocenters. The Morgan fingerprint density at radius 1 is 1.25 bits per heavy atom. The Labute approximate surface area is 140 Å². The fourth-order valence-corrected chi connectivity index (χ4v) is 3.79. The van der Waals surface area contributed by atoms with E-state index in [9.17, 15) is 4.79 Å². The van der Waals surface area contributed by atoms with Gasteiger partial charge in [-0.1, -0.05) is 0 Å². The Morgan fingerprint density at radius 2 is 2.04 bits per heavy atom. The summed E-state index contributed by atoms with van der Waals surface area (Å²) in [6, 6.07) is 0. The van der Waals surface area contributed by atoms with Crippen LogP contribution in [0.2, 0.25) is 0 Å². The molecule has 4 rings (SSSR count). The second kappa shape index (κ2) is 5.41. The molecule has 0 radical (unpaired) electrons. The molecule has 0 saturated heterocycles. The SMILES string of the molecule is Cc1nc2n(n1)CCN(C(=O)c1nn(C)c3c1C[C@@H](C)O[C@H]3C)C2.